The van der Waals surface area contributed by atoms with E-state index in [1.807, 2.05) is 20.9 Å². The largest absolute Gasteiger partial charge is 0.312 e. The van der Waals surface area contributed by atoms with Gasteiger partial charge in [0.15, 0.2) is 0 Å². The quantitative estimate of drug-likeness (QED) is 0.897. The molecule has 0 spiro atoms. The predicted molar refractivity (Wildman–Crippen MR) is 79.9 cm³/mol. The molecule has 0 saturated carbocycles. The molecule has 2 rings (SSSR count). The Balaban J connectivity index is 2.51. The van der Waals surface area contributed by atoms with Gasteiger partial charge in [-0.05, 0) is 50.2 Å². The van der Waals surface area contributed by atoms with Crippen LogP contribution < -0.4 is 5.32 Å². The van der Waals surface area contributed by atoms with Gasteiger partial charge in [-0.15, -0.1) is 0 Å². The summed E-state index contributed by atoms with van der Waals surface area (Å²) in [5.74, 6) is 0. The third-order valence-electron chi connectivity index (χ3n) is 3.65. The van der Waals surface area contributed by atoms with Crippen LogP contribution in [0.3, 0.4) is 0 Å². The van der Waals surface area contributed by atoms with Gasteiger partial charge in [0.05, 0.1) is 17.5 Å². The second-order valence-electron chi connectivity index (χ2n) is 5.67. The molecular weight excluding hydrogens is 232 g/mol. The zero-order valence-electron chi connectivity index (χ0n) is 12.0. The van der Waals surface area contributed by atoms with E-state index in [0.29, 0.717) is 0 Å². The fourth-order valence-corrected chi connectivity index (χ4v) is 2.57. The maximum absolute atomic E-state index is 9.32. The first-order valence-corrected chi connectivity index (χ1v) is 6.57. The Morgan fingerprint density at radius 3 is 2.37 bits per heavy atom. The molecular formula is C17H20N2. The van der Waals surface area contributed by atoms with Crippen molar-refractivity contribution in [3.05, 3.63) is 47.5 Å². The lowest BCUT2D eigenvalue weighted by Crippen LogP contribution is -2.30. The summed E-state index contributed by atoms with van der Waals surface area (Å²) in [6.45, 7) is 6.03. The van der Waals surface area contributed by atoms with Crippen LogP contribution in [0.15, 0.2) is 36.4 Å². The van der Waals surface area contributed by atoms with Crippen molar-refractivity contribution in [2.24, 2.45) is 5.41 Å². The van der Waals surface area contributed by atoms with Gasteiger partial charge >= 0.3 is 0 Å². The normalized spacial score (nSPS) is 13.2. The first kappa shape index (κ1) is 13.6. The van der Waals surface area contributed by atoms with Crippen molar-refractivity contribution < 1.29 is 0 Å². The highest BCUT2D eigenvalue weighted by molar-refractivity contribution is 5.83. The second-order valence-corrected chi connectivity index (χ2v) is 5.67. The molecule has 0 amide bonds. The molecule has 0 saturated heterocycles. The van der Waals surface area contributed by atoms with Gasteiger partial charge in [-0.2, -0.15) is 5.26 Å². The molecule has 2 aromatic carbocycles. The number of benzene rings is 2. The molecule has 0 radical (unpaired) electrons. The van der Waals surface area contributed by atoms with Gasteiger partial charge in [0, 0.05) is 0 Å². The fourth-order valence-electron chi connectivity index (χ4n) is 2.57. The summed E-state index contributed by atoms with van der Waals surface area (Å²) in [5, 5.41) is 15.0. The van der Waals surface area contributed by atoms with Crippen molar-refractivity contribution in [1.29, 1.82) is 5.26 Å². The number of rotatable bonds is 3. The Morgan fingerprint density at radius 2 is 1.74 bits per heavy atom. The molecule has 0 aromatic heterocycles. The van der Waals surface area contributed by atoms with Crippen LogP contribution in [0.25, 0.3) is 10.8 Å². The van der Waals surface area contributed by atoms with Crippen LogP contribution in [0.1, 0.15) is 31.0 Å². The van der Waals surface area contributed by atoms with Crippen molar-refractivity contribution in [3.8, 4) is 6.07 Å². The van der Waals surface area contributed by atoms with Gasteiger partial charge in [-0.25, -0.2) is 0 Å². The SMILES string of the molecule is CNC(c1ccc2cc(C)ccc2c1)C(C)(C)C#N. The average molecular weight is 252 g/mol. The molecule has 2 heteroatoms. The molecule has 0 aliphatic rings. The number of nitriles is 1. The predicted octanol–water partition coefficient (Wildman–Crippen LogP) is 3.96. The van der Waals surface area contributed by atoms with E-state index in [1.165, 1.54) is 16.3 Å². The molecule has 98 valence electrons. The summed E-state index contributed by atoms with van der Waals surface area (Å²) in [6, 6.07) is 15.3. The van der Waals surface area contributed by atoms with Crippen LogP contribution in [0, 0.1) is 23.7 Å². The lowest BCUT2D eigenvalue weighted by atomic mass is 9.81. The van der Waals surface area contributed by atoms with Crippen LogP contribution in [-0.2, 0) is 0 Å². The van der Waals surface area contributed by atoms with E-state index >= 15 is 0 Å². The monoisotopic (exact) mass is 252 g/mol. The summed E-state index contributed by atoms with van der Waals surface area (Å²) in [7, 11) is 1.91. The smallest absolute Gasteiger partial charge is 0.0712 e. The molecule has 2 aromatic rings. The Kier molecular flexibility index (Phi) is 3.59. The standard InChI is InChI=1S/C17H20N2/c1-12-5-6-14-10-15(8-7-13(14)9-12)16(19-4)17(2,3)11-18/h5-10,16,19H,1-4H3. The maximum atomic E-state index is 9.32. The van der Waals surface area contributed by atoms with Crippen LogP contribution in [0.2, 0.25) is 0 Å². The zero-order valence-corrected chi connectivity index (χ0v) is 12.0. The molecule has 0 fully saturated rings. The average Bonchev–Trinajstić information content (AvgIpc) is 2.39. The Labute approximate surface area is 115 Å². The Morgan fingerprint density at radius 1 is 1.11 bits per heavy atom. The van der Waals surface area contributed by atoms with Crippen LogP contribution >= 0.6 is 0 Å². The summed E-state index contributed by atoms with van der Waals surface area (Å²) < 4.78 is 0. The molecule has 0 bridgehead atoms. The fraction of sp³-hybridized carbons (Fsp3) is 0.353. The topological polar surface area (TPSA) is 35.8 Å². The van der Waals surface area contributed by atoms with Gasteiger partial charge in [0.2, 0.25) is 0 Å². The highest BCUT2D eigenvalue weighted by Gasteiger charge is 2.29. The first-order valence-electron chi connectivity index (χ1n) is 6.57. The van der Waals surface area contributed by atoms with Crippen molar-refractivity contribution in [2.45, 2.75) is 26.8 Å². The van der Waals surface area contributed by atoms with Crippen LogP contribution in [0.5, 0.6) is 0 Å². The van der Waals surface area contributed by atoms with E-state index in [0.717, 1.165) is 5.56 Å². The molecule has 0 heterocycles. The van der Waals surface area contributed by atoms with Crippen molar-refractivity contribution in [3.63, 3.8) is 0 Å². The lowest BCUT2D eigenvalue weighted by molar-refractivity contribution is 0.344. The van der Waals surface area contributed by atoms with Crippen molar-refractivity contribution >= 4 is 10.8 Å². The van der Waals surface area contributed by atoms with Crippen LogP contribution in [-0.4, -0.2) is 7.05 Å². The highest BCUT2D eigenvalue weighted by atomic mass is 14.9. The summed E-state index contributed by atoms with van der Waals surface area (Å²) >= 11 is 0. The highest BCUT2D eigenvalue weighted by Crippen LogP contribution is 2.33. The molecule has 0 aliphatic carbocycles. The number of aryl methyl sites for hydroxylation is 1. The number of hydrogen-bond donors (Lipinski definition) is 1. The minimum absolute atomic E-state index is 0.0307. The van der Waals surface area contributed by atoms with Gasteiger partial charge in [0.1, 0.15) is 0 Å². The van der Waals surface area contributed by atoms with Crippen molar-refractivity contribution in [1.82, 2.24) is 5.32 Å². The molecule has 0 aliphatic heterocycles. The summed E-state index contributed by atoms with van der Waals surface area (Å²) in [5.41, 5.74) is 1.99. The van der Waals surface area contributed by atoms with Gasteiger partial charge in [-0.1, -0.05) is 35.9 Å². The molecule has 1 atom stereocenters. The van der Waals surface area contributed by atoms with E-state index < -0.39 is 5.41 Å². The van der Waals surface area contributed by atoms with Gasteiger partial charge in [0.25, 0.3) is 0 Å². The maximum Gasteiger partial charge on any atom is 0.0712 e. The number of nitrogens with one attached hydrogen (secondary N) is 1. The molecule has 2 nitrogen and oxygen atoms in total. The van der Waals surface area contributed by atoms with Gasteiger partial charge < -0.3 is 5.32 Å². The van der Waals surface area contributed by atoms with Crippen molar-refractivity contribution in [2.75, 3.05) is 7.05 Å². The van der Waals surface area contributed by atoms with Gasteiger partial charge in [-0.3, -0.25) is 0 Å². The summed E-state index contributed by atoms with van der Waals surface area (Å²) in [4.78, 5) is 0. The van der Waals surface area contributed by atoms with E-state index in [9.17, 15) is 5.26 Å². The molecule has 1 N–H and O–H groups in total. The number of fused-ring (bicyclic) bond motifs is 1. The van der Waals surface area contributed by atoms with E-state index in [2.05, 4.69) is 54.7 Å². The van der Waals surface area contributed by atoms with E-state index in [4.69, 9.17) is 0 Å². The van der Waals surface area contributed by atoms with E-state index in [-0.39, 0.29) is 6.04 Å². The third-order valence-corrected chi connectivity index (χ3v) is 3.65. The second kappa shape index (κ2) is 5.03. The molecule has 19 heavy (non-hydrogen) atoms. The third kappa shape index (κ3) is 2.62. The number of hydrogen-bond acceptors (Lipinski definition) is 2. The molecule has 1 unspecified atom stereocenters. The lowest BCUT2D eigenvalue weighted by Gasteiger charge is -2.28. The van der Waals surface area contributed by atoms with Crippen LogP contribution in [0.4, 0.5) is 0 Å². The van der Waals surface area contributed by atoms with E-state index in [1.54, 1.807) is 0 Å². The minimum atomic E-state index is -0.437. The first-order chi connectivity index (χ1) is 8.97. The zero-order chi connectivity index (χ0) is 14.0. The number of nitrogens with zero attached hydrogens (tertiary/aromatic N) is 1. The Hall–Kier alpha value is -1.85. The minimum Gasteiger partial charge on any atom is -0.312 e. The summed E-state index contributed by atoms with van der Waals surface area (Å²) in [6.07, 6.45) is 0. The Bertz CT molecular complexity index is 635.